The van der Waals surface area contributed by atoms with Crippen molar-refractivity contribution < 1.29 is 4.79 Å². The Hall–Kier alpha value is -1.03. The van der Waals surface area contributed by atoms with Gasteiger partial charge in [0.25, 0.3) is 0 Å². The van der Waals surface area contributed by atoms with Crippen LogP contribution in [-0.2, 0) is 11.3 Å². The lowest BCUT2D eigenvalue weighted by molar-refractivity contribution is -0.132. The molecule has 1 aliphatic heterocycles. The monoisotopic (exact) mass is 294 g/mol. The average molecular weight is 295 g/mol. The topological polar surface area (TPSA) is 32.3 Å². The molecule has 2 aliphatic rings. The first kappa shape index (κ1) is 11.1. The lowest BCUT2D eigenvalue weighted by Gasteiger charge is -2.27. The highest BCUT2D eigenvalue weighted by Crippen LogP contribution is 2.32. The highest BCUT2D eigenvalue weighted by atomic mass is 79.9. The maximum absolute atomic E-state index is 12.0. The van der Waals surface area contributed by atoms with Gasteiger partial charge in [0.15, 0.2) is 0 Å². The number of nitrogens with zero attached hydrogens (tertiary/aromatic N) is 1. The number of anilines is 1. The van der Waals surface area contributed by atoms with Crippen LogP contribution in [0.25, 0.3) is 0 Å². The Morgan fingerprint density at radius 3 is 2.94 bits per heavy atom. The fourth-order valence-electron chi connectivity index (χ4n) is 2.30. The van der Waals surface area contributed by atoms with E-state index >= 15 is 0 Å². The fourth-order valence-corrected chi connectivity index (χ4v) is 2.71. The number of carbonyl (C=O) groups is 1. The molecule has 1 heterocycles. The van der Waals surface area contributed by atoms with E-state index in [0.29, 0.717) is 12.5 Å². The van der Waals surface area contributed by atoms with E-state index < -0.39 is 0 Å². The van der Waals surface area contributed by atoms with Crippen LogP contribution in [0, 0.1) is 0 Å². The van der Waals surface area contributed by atoms with Gasteiger partial charge in [0.05, 0.1) is 0 Å². The summed E-state index contributed by atoms with van der Waals surface area (Å²) < 4.78 is 1.07. The predicted molar refractivity (Wildman–Crippen MR) is 70.8 cm³/mol. The molecule has 0 saturated heterocycles. The van der Waals surface area contributed by atoms with Gasteiger partial charge in [0, 0.05) is 35.7 Å². The van der Waals surface area contributed by atoms with E-state index in [-0.39, 0.29) is 5.91 Å². The number of halogens is 1. The number of benzene rings is 1. The molecule has 1 aromatic carbocycles. The van der Waals surface area contributed by atoms with Gasteiger partial charge in [0.1, 0.15) is 0 Å². The molecule has 1 aromatic rings. The van der Waals surface area contributed by atoms with Crippen molar-refractivity contribution in [1.82, 2.24) is 4.90 Å². The normalized spacial score (nSPS) is 20.3. The first-order chi connectivity index (χ1) is 8.24. The predicted octanol–water partition coefficient (Wildman–Crippen LogP) is 2.76. The van der Waals surface area contributed by atoms with Crippen LogP contribution in [0.5, 0.6) is 0 Å². The molecule has 0 radical (unpaired) electrons. The molecule has 1 saturated carbocycles. The van der Waals surface area contributed by atoms with Crippen LogP contribution < -0.4 is 5.32 Å². The van der Waals surface area contributed by atoms with E-state index in [4.69, 9.17) is 0 Å². The summed E-state index contributed by atoms with van der Waals surface area (Å²) in [7, 11) is 0. The van der Waals surface area contributed by atoms with Crippen molar-refractivity contribution in [3.8, 4) is 0 Å². The van der Waals surface area contributed by atoms with Crippen LogP contribution in [0.15, 0.2) is 22.7 Å². The van der Waals surface area contributed by atoms with Gasteiger partial charge in [-0.2, -0.15) is 0 Å². The molecule has 1 N–H and O–H groups in total. The van der Waals surface area contributed by atoms with Crippen LogP contribution in [0.3, 0.4) is 0 Å². The smallest absolute Gasteiger partial charge is 0.224 e. The molecule has 0 unspecified atom stereocenters. The SMILES string of the molecule is O=C1CCNc2ccc(Br)cc2CN1C1CC1. The van der Waals surface area contributed by atoms with Crippen LogP contribution in [0.2, 0.25) is 0 Å². The Kier molecular flexibility index (Phi) is 2.82. The molecular formula is C13H15BrN2O. The molecule has 0 bridgehead atoms. The lowest BCUT2D eigenvalue weighted by Crippen LogP contribution is -2.35. The molecule has 1 fully saturated rings. The van der Waals surface area contributed by atoms with Crippen molar-refractivity contribution in [3.63, 3.8) is 0 Å². The van der Waals surface area contributed by atoms with Crippen molar-refractivity contribution in [3.05, 3.63) is 28.2 Å². The molecule has 3 nitrogen and oxygen atoms in total. The molecule has 1 aliphatic carbocycles. The van der Waals surface area contributed by atoms with Gasteiger partial charge in [-0.15, -0.1) is 0 Å². The second kappa shape index (κ2) is 4.33. The molecule has 4 heteroatoms. The number of carbonyl (C=O) groups excluding carboxylic acids is 1. The third-order valence-electron chi connectivity index (χ3n) is 3.37. The van der Waals surface area contributed by atoms with Gasteiger partial charge in [-0.1, -0.05) is 15.9 Å². The second-order valence-electron chi connectivity index (χ2n) is 4.73. The summed E-state index contributed by atoms with van der Waals surface area (Å²) in [6.45, 7) is 1.47. The largest absolute Gasteiger partial charge is 0.384 e. The zero-order chi connectivity index (χ0) is 11.8. The van der Waals surface area contributed by atoms with Crippen molar-refractivity contribution in [1.29, 1.82) is 0 Å². The van der Waals surface area contributed by atoms with Gasteiger partial charge in [-0.25, -0.2) is 0 Å². The lowest BCUT2D eigenvalue weighted by atomic mass is 10.1. The van der Waals surface area contributed by atoms with E-state index in [1.165, 1.54) is 18.4 Å². The van der Waals surface area contributed by atoms with E-state index in [0.717, 1.165) is 23.2 Å². The van der Waals surface area contributed by atoms with Crippen molar-refractivity contribution >= 4 is 27.5 Å². The molecule has 3 rings (SSSR count). The second-order valence-corrected chi connectivity index (χ2v) is 5.65. The Morgan fingerprint density at radius 1 is 1.35 bits per heavy atom. The van der Waals surface area contributed by atoms with E-state index in [9.17, 15) is 4.79 Å². The van der Waals surface area contributed by atoms with Crippen molar-refractivity contribution in [2.75, 3.05) is 11.9 Å². The summed E-state index contributed by atoms with van der Waals surface area (Å²) in [5.41, 5.74) is 2.37. The molecular weight excluding hydrogens is 280 g/mol. The summed E-state index contributed by atoms with van der Waals surface area (Å²) in [5.74, 6) is 0.283. The number of amides is 1. The van der Waals surface area contributed by atoms with E-state index in [2.05, 4.69) is 33.4 Å². The maximum Gasteiger partial charge on any atom is 0.224 e. The molecule has 0 aromatic heterocycles. The third-order valence-corrected chi connectivity index (χ3v) is 3.86. The Balaban J connectivity index is 1.93. The van der Waals surface area contributed by atoms with Crippen LogP contribution >= 0.6 is 15.9 Å². The van der Waals surface area contributed by atoms with Crippen LogP contribution in [-0.4, -0.2) is 23.4 Å². The summed E-state index contributed by atoms with van der Waals surface area (Å²) in [4.78, 5) is 14.1. The number of rotatable bonds is 1. The Morgan fingerprint density at radius 2 is 2.18 bits per heavy atom. The summed E-state index contributed by atoms with van der Waals surface area (Å²) in [5, 5.41) is 3.33. The minimum atomic E-state index is 0.283. The van der Waals surface area contributed by atoms with Crippen LogP contribution in [0.1, 0.15) is 24.8 Å². The molecule has 1 amide bonds. The zero-order valence-electron chi connectivity index (χ0n) is 9.58. The average Bonchev–Trinajstić information content (AvgIpc) is 3.10. The standard InChI is InChI=1S/C13H15BrN2O/c14-10-1-4-12-9(7-10)8-16(11-2-3-11)13(17)5-6-15-12/h1,4,7,11,15H,2-3,5-6,8H2. The Labute approximate surface area is 109 Å². The minimum Gasteiger partial charge on any atom is -0.384 e. The Bertz CT molecular complexity index is 457. The highest BCUT2D eigenvalue weighted by Gasteiger charge is 2.33. The van der Waals surface area contributed by atoms with E-state index in [1.54, 1.807) is 0 Å². The van der Waals surface area contributed by atoms with Gasteiger partial charge >= 0.3 is 0 Å². The number of hydrogen-bond acceptors (Lipinski definition) is 2. The molecule has 0 spiro atoms. The van der Waals surface area contributed by atoms with Gasteiger partial charge in [-0.3, -0.25) is 4.79 Å². The van der Waals surface area contributed by atoms with Crippen molar-refractivity contribution in [2.24, 2.45) is 0 Å². The zero-order valence-corrected chi connectivity index (χ0v) is 11.2. The highest BCUT2D eigenvalue weighted by molar-refractivity contribution is 9.10. The summed E-state index contributed by atoms with van der Waals surface area (Å²) >= 11 is 3.49. The fraction of sp³-hybridized carbons (Fsp3) is 0.462. The number of hydrogen-bond donors (Lipinski definition) is 1. The number of fused-ring (bicyclic) bond motifs is 1. The van der Waals surface area contributed by atoms with Gasteiger partial charge in [-0.05, 0) is 36.6 Å². The van der Waals surface area contributed by atoms with E-state index in [1.807, 2.05) is 11.0 Å². The van der Waals surface area contributed by atoms with Crippen LogP contribution in [0.4, 0.5) is 5.69 Å². The summed E-state index contributed by atoms with van der Waals surface area (Å²) in [6, 6.07) is 6.72. The minimum absolute atomic E-state index is 0.283. The number of nitrogens with one attached hydrogen (secondary N) is 1. The third kappa shape index (κ3) is 2.32. The maximum atomic E-state index is 12.0. The quantitative estimate of drug-likeness (QED) is 0.864. The summed E-state index contributed by atoms with van der Waals surface area (Å²) in [6.07, 6.45) is 2.94. The van der Waals surface area contributed by atoms with Gasteiger partial charge in [0.2, 0.25) is 5.91 Å². The van der Waals surface area contributed by atoms with Gasteiger partial charge < -0.3 is 10.2 Å². The molecule has 17 heavy (non-hydrogen) atoms. The first-order valence-electron chi connectivity index (χ1n) is 6.06. The molecule has 0 atom stereocenters. The molecule has 90 valence electrons. The van der Waals surface area contributed by atoms with Crippen molar-refractivity contribution in [2.45, 2.75) is 31.8 Å². The first-order valence-corrected chi connectivity index (χ1v) is 6.85.